The summed E-state index contributed by atoms with van der Waals surface area (Å²) in [5.74, 6) is -0.817. The fourth-order valence-electron chi connectivity index (χ4n) is 7.65. The lowest BCUT2D eigenvalue weighted by atomic mass is 10.0. The number of hydrogen-bond acceptors (Lipinski definition) is 7. The lowest BCUT2D eigenvalue weighted by Gasteiger charge is -2.24. The summed E-state index contributed by atoms with van der Waals surface area (Å²) in [6, 6.07) is 0. The topological polar surface area (TPSA) is 108 Å². The second-order valence-electron chi connectivity index (χ2n) is 20.6. The van der Waals surface area contributed by atoms with Gasteiger partial charge < -0.3 is 18.9 Å². The van der Waals surface area contributed by atoms with Crippen LogP contribution in [0.5, 0.6) is 0 Å². The summed E-state index contributed by atoms with van der Waals surface area (Å²) < 4.78 is 34.5. The van der Waals surface area contributed by atoms with Crippen molar-refractivity contribution in [1.82, 2.24) is 0 Å². The summed E-state index contributed by atoms with van der Waals surface area (Å²) in [5.41, 5.74) is 0. The Labute approximate surface area is 460 Å². The van der Waals surface area contributed by atoms with Crippen LogP contribution in [0.4, 0.5) is 0 Å². The van der Waals surface area contributed by atoms with Crippen LogP contribution in [0.15, 0.2) is 122 Å². The largest absolute Gasteiger partial charge is 0.472 e. The van der Waals surface area contributed by atoms with E-state index in [-0.39, 0.29) is 32.0 Å². The van der Waals surface area contributed by atoms with E-state index >= 15 is 0 Å². The Bertz CT molecular complexity index is 1680. The predicted octanol–water partition coefficient (Wildman–Crippen LogP) is 18.8. The van der Waals surface area contributed by atoms with Gasteiger partial charge in [0.05, 0.1) is 27.7 Å². The maximum Gasteiger partial charge on any atom is 0.472 e. The van der Waals surface area contributed by atoms with Gasteiger partial charge >= 0.3 is 19.8 Å². The van der Waals surface area contributed by atoms with Gasteiger partial charge in [-0.1, -0.05) is 225 Å². The number of unbranched alkanes of at least 4 members (excludes halogenated alkanes) is 19. The number of carbonyl (C=O) groups is 2. The van der Waals surface area contributed by atoms with Gasteiger partial charge in [-0.3, -0.25) is 18.6 Å². The monoisotopic (exact) mass is 1060 g/mol. The van der Waals surface area contributed by atoms with Crippen LogP contribution in [0.2, 0.25) is 0 Å². The van der Waals surface area contributed by atoms with E-state index < -0.39 is 26.5 Å². The first-order valence-corrected chi connectivity index (χ1v) is 31.3. The smallest absolute Gasteiger partial charge is 0.462 e. The number of quaternary nitrogens is 1. The molecule has 75 heavy (non-hydrogen) atoms. The van der Waals surface area contributed by atoms with Crippen LogP contribution in [-0.4, -0.2) is 74.9 Å². The molecule has 0 bridgehead atoms. The zero-order valence-electron chi connectivity index (χ0n) is 48.5. The van der Waals surface area contributed by atoms with Crippen molar-refractivity contribution in [2.45, 2.75) is 232 Å². The van der Waals surface area contributed by atoms with Gasteiger partial charge in [-0.2, -0.15) is 0 Å². The van der Waals surface area contributed by atoms with Gasteiger partial charge in [0.2, 0.25) is 0 Å². The predicted molar refractivity (Wildman–Crippen MR) is 321 cm³/mol. The molecule has 0 saturated carbocycles. The van der Waals surface area contributed by atoms with Crippen molar-refractivity contribution >= 4 is 19.8 Å². The Morgan fingerprint density at radius 2 is 0.760 bits per heavy atom. The summed E-state index contributed by atoms with van der Waals surface area (Å²) >= 11 is 0. The molecule has 0 aromatic heterocycles. The lowest BCUT2D eigenvalue weighted by molar-refractivity contribution is -0.870. The van der Waals surface area contributed by atoms with Crippen LogP contribution in [-0.2, 0) is 32.7 Å². The molecule has 0 aliphatic heterocycles. The molecule has 0 fully saturated rings. The van der Waals surface area contributed by atoms with E-state index in [9.17, 15) is 19.0 Å². The Balaban J connectivity index is 4.06. The third-order valence-corrected chi connectivity index (χ3v) is 13.2. The molecule has 0 spiro atoms. The first-order chi connectivity index (χ1) is 36.5. The molecule has 9 nitrogen and oxygen atoms in total. The quantitative estimate of drug-likeness (QED) is 0.0211. The van der Waals surface area contributed by atoms with E-state index in [4.69, 9.17) is 18.5 Å². The summed E-state index contributed by atoms with van der Waals surface area (Å²) in [4.78, 5) is 35.6. The lowest BCUT2D eigenvalue weighted by Crippen LogP contribution is -2.37. The maximum absolute atomic E-state index is 12.8. The fraction of sp³-hybridized carbons (Fsp3) is 0.662. The number of phosphoric ester groups is 1. The molecule has 10 heteroatoms. The highest BCUT2D eigenvalue weighted by Gasteiger charge is 2.27. The minimum atomic E-state index is -4.39. The van der Waals surface area contributed by atoms with Crippen molar-refractivity contribution in [1.29, 1.82) is 0 Å². The number of allylic oxidation sites excluding steroid dienone is 20. The summed E-state index contributed by atoms with van der Waals surface area (Å²) in [6.07, 6.45) is 78.5. The molecule has 1 N–H and O–H groups in total. The number of rotatable bonds is 53. The molecule has 0 heterocycles. The second-order valence-corrected chi connectivity index (χ2v) is 22.1. The Hall–Kier alpha value is -3.59. The first-order valence-electron chi connectivity index (χ1n) is 29.8. The Morgan fingerprint density at radius 3 is 1.15 bits per heavy atom. The molecular weight excluding hydrogens is 954 g/mol. The average molecular weight is 1070 g/mol. The molecule has 0 aromatic carbocycles. The van der Waals surface area contributed by atoms with Crippen molar-refractivity contribution in [3.05, 3.63) is 122 Å². The van der Waals surface area contributed by atoms with Crippen LogP contribution >= 0.6 is 7.82 Å². The van der Waals surface area contributed by atoms with Gasteiger partial charge in [0.15, 0.2) is 6.10 Å². The number of carbonyl (C=O) groups excluding carboxylic acids is 2. The Kier molecular flexibility index (Phi) is 52.5. The van der Waals surface area contributed by atoms with Gasteiger partial charge in [-0.15, -0.1) is 0 Å². The van der Waals surface area contributed by atoms with Crippen LogP contribution in [0.25, 0.3) is 0 Å². The number of nitrogens with zero attached hydrogens (tertiary/aromatic N) is 1. The maximum atomic E-state index is 12.8. The van der Waals surface area contributed by atoms with Gasteiger partial charge in [-0.05, 0) is 109 Å². The standard InChI is InChI=1S/C65H110NO8P/c1-6-8-10-12-14-16-18-20-21-22-23-24-25-26-27-28-29-30-31-32-33-34-35-36-37-38-39-40-41-42-43-44-45-46-48-50-52-54-56-58-65(68)74-63(62-73-75(69,70)72-60-59-66(3,4)5)61-71-64(67)57-55-53-51-49-47-19-17-15-13-11-9-7-2/h8,10,14-17,20-21,23-24,26-27,29-30,32-33,35-36,38-39,63H,6-7,9,11-13,18-19,22,25,28,31,34,37,40-62H2,1-5H3/p+1/b10-8-,16-14-,17-15-,21-20-,24-23-,27-26-,30-29-,33-32-,36-35-,39-38-. The van der Waals surface area contributed by atoms with Crippen molar-refractivity contribution in [2.24, 2.45) is 0 Å². The third-order valence-electron chi connectivity index (χ3n) is 12.2. The van der Waals surface area contributed by atoms with Crippen molar-refractivity contribution < 1.29 is 42.1 Å². The second kappa shape index (κ2) is 55.2. The summed E-state index contributed by atoms with van der Waals surface area (Å²) in [7, 11) is 1.46. The van der Waals surface area contributed by atoms with E-state index in [1.54, 1.807) is 0 Å². The van der Waals surface area contributed by atoms with E-state index in [1.165, 1.54) is 70.6 Å². The number of hydrogen-bond donors (Lipinski definition) is 1. The third kappa shape index (κ3) is 59.5. The first kappa shape index (κ1) is 71.4. The minimum absolute atomic E-state index is 0.0251. The molecular formula is C65H111NO8P+. The zero-order valence-corrected chi connectivity index (χ0v) is 49.4. The van der Waals surface area contributed by atoms with Crippen molar-refractivity contribution in [2.75, 3.05) is 47.5 Å². The van der Waals surface area contributed by atoms with Crippen LogP contribution in [0.3, 0.4) is 0 Å². The number of ether oxygens (including phenoxy) is 2. The van der Waals surface area contributed by atoms with Crippen LogP contribution in [0, 0.1) is 0 Å². The van der Waals surface area contributed by atoms with Crippen molar-refractivity contribution in [3.63, 3.8) is 0 Å². The highest BCUT2D eigenvalue weighted by Crippen LogP contribution is 2.43. The number of esters is 2. The highest BCUT2D eigenvalue weighted by atomic mass is 31.2. The molecule has 0 aromatic rings. The molecule has 0 aliphatic rings. The van der Waals surface area contributed by atoms with Crippen LogP contribution in [0.1, 0.15) is 226 Å². The summed E-state index contributed by atoms with van der Waals surface area (Å²) in [6.45, 7) is 4.26. The van der Waals surface area contributed by atoms with Gasteiger partial charge in [0.25, 0.3) is 0 Å². The summed E-state index contributed by atoms with van der Waals surface area (Å²) in [5, 5.41) is 0. The van der Waals surface area contributed by atoms with E-state index in [1.807, 2.05) is 21.1 Å². The van der Waals surface area contributed by atoms with Gasteiger partial charge in [0, 0.05) is 12.8 Å². The number of phosphoric acid groups is 1. The molecule has 2 atom stereocenters. The van der Waals surface area contributed by atoms with E-state index in [0.29, 0.717) is 17.4 Å². The molecule has 0 saturated heterocycles. The molecule has 0 aliphatic carbocycles. The molecule has 0 amide bonds. The molecule has 0 radical (unpaired) electrons. The zero-order chi connectivity index (χ0) is 54.9. The Morgan fingerprint density at radius 1 is 0.427 bits per heavy atom. The van der Waals surface area contributed by atoms with Gasteiger partial charge in [-0.25, -0.2) is 4.57 Å². The molecule has 2 unspecified atom stereocenters. The highest BCUT2D eigenvalue weighted by molar-refractivity contribution is 7.47. The molecule has 428 valence electrons. The average Bonchev–Trinajstić information content (AvgIpc) is 3.37. The fourth-order valence-corrected chi connectivity index (χ4v) is 8.39. The minimum Gasteiger partial charge on any atom is -0.462 e. The van der Waals surface area contributed by atoms with Crippen molar-refractivity contribution in [3.8, 4) is 0 Å². The molecule has 0 rings (SSSR count). The SMILES string of the molecule is CC/C=C\C/C=C\C/C=C\C/C=C\C/C=C\C/C=C\C/C=C\C/C=C\C/C=C\CCCCCCCCCCCCCC(=O)OC(COC(=O)CCCCCCC/C=C\CCCCC)COP(=O)(O)OCC[N+](C)(C)C. The van der Waals surface area contributed by atoms with Gasteiger partial charge in [0.1, 0.15) is 19.8 Å². The number of likely N-dealkylation sites (N-methyl/N-ethyl adjacent to an activating group) is 1. The van der Waals surface area contributed by atoms with E-state index in [2.05, 4.69) is 135 Å². The van der Waals surface area contributed by atoms with E-state index in [0.717, 1.165) is 122 Å². The van der Waals surface area contributed by atoms with Crippen LogP contribution < -0.4 is 0 Å². The normalized spacial score (nSPS) is 14.2.